The summed E-state index contributed by atoms with van der Waals surface area (Å²) in [6, 6.07) is 5.48. The highest BCUT2D eigenvalue weighted by Crippen LogP contribution is 2.43. The zero-order chi connectivity index (χ0) is 15.7. The molecule has 1 spiro atoms. The Balaban J connectivity index is 1.88. The van der Waals surface area contributed by atoms with Gasteiger partial charge in [0.15, 0.2) is 0 Å². The number of aryl methyl sites for hydroxylation is 1. The van der Waals surface area contributed by atoms with Crippen LogP contribution in [0.25, 0.3) is 0 Å². The Kier molecular flexibility index (Phi) is 3.91. The number of hydrogen-bond acceptors (Lipinski definition) is 3. The van der Waals surface area contributed by atoms with Crippen molar-refractivity contribution in [3.8, 4) is 0 Å². The van der Waals surface area contributed by atoms with Crippen LogP contribution in [-0.4, -0.2) is 35.0 Å². The first-order valence-electron chi connectivity index (χ1n) is 7.95. The molecule has 2 N–H and O–H groups in total. The fourth-order valence-corrected chi connectivity index (χ4v) is 3.91. The molecular formula is C17H22N2O3. The van der Waals surface area contributed by atoms with E-state index >= 15 is 0 Å². The second kappa shape index (κ2) is 5.72. The molecule has 1 aromatic carbocycles. The zero-order valence-electron chi connectivity index (χ0n) is 12.9. The van der Waals surface area contributed by atoms with Crippen LogP contribution in [0.3, 0.4) is 0 Å². The third-order valence-corrected chi connectivity index (χ3v) is 5.18. The Morgan fingerprint density at radius 1 is 1.36 bits per heavy atom. The molecule has 1 aliphatic heterocycles. The summed E-state index contributed by atoms with van der Waals surface area (Å²) in [5, 5.41) is 8.73. The Hall–Kier alpha value is -1.88. The zero-order valence-corrected chi connectivity index (χ0v) is 12.9. The summed E-state index contributed by atoms with van der Waals surface area (Å²) < 4.78 is 0. The van der Waals surface area contributed by atoms with Gasteiger partial charge in [0.05, 0.1) is 5.41 Å². The number of nitrogens with zero attached hydrogens (tertiary/aromatic N) is 1. The molecule has 3 rings (SSSR count). The van der Waals surface area contributed by atoms with Gasteiger partial charge in [-0.1, -0.05) is 6.07 Å². The molecule has 1 heterocycles. The van der Waals surface area contributed by atoms with E-state index in [2.05, 4.69) is 0 Å². The summed E-state index contributed by atoms with van der Waals surface area (Å²) in [5.74, 6) is -0.196. The van der Waals surface area contributed by atoms with E-state index < -0.39 is 5.91 Å². The summed E-state index contributed by atoms with van der Waals surface area (Å²) in [5.41, 5.74) is 4.16. The predicted octanol–water partition coefficient (Wildman–Crippen LogP) is 1.92. The van der Waals surface area contributed by atoms with Gasteiger partial charge in [-0.05, 0) is 62.3 Å². The van der Waals surface area contributed by atoms with E-state index in [-0.39, 0.29) is 5.41 Å². The molecular weight excluding hydrogens is 280 g/mol. The molecule has 5 heteroatoms. The third-order valence-electron chi connectivity index (χ3n) is 5.18. The Bertz CT molecular complexity index is 614. The molecule has 2 aliphatic rings. The summed E-state index contributed by atoms with van der Waals surface area (Å²) in [6.45, 7) is 3.69. The maximum absolute atomic E-state index is 12.8. The fraction of sp³-hybridized carbons (Fsp3) is 0.529. The minimum Gasteiger partial charge on any atom is -0.342 e. The van der Waals surface area contributed by atoms with Crippen LogP contribution in [0.15, 0.2) is 18.2 Å². The van der Waals surface area contributed by atoms with Gasteiger partial charge in [0.25, 0.3) is 5.91 Å². The molecule has 0 radical (unpaired) electrons. The van der Waals surface area contributed by atoms with Gasteiger partial charge in [-0.15, -0.1) is 0 Å². The molecule has 1 atom stereocenters. The third kappa shape index (κ3) is 2.39. The minimum absolute atomic E-state index is 0.248. The Morgan fingerprint density at radius 3 is 2.91 bits per heavy atom. The van der Waals surface area contributed by atoms with Gasteiger partial charge >= 0.3 is 0 Å². The maximum Gasteiger partial charge on any atom is 0.274 e. The number of carbonyl (C=O) groups excluding carboxylic acids is 2. The van der Waals surface area contributed by atoms with Gasteiger partial charge in [0.1, 0.15) is 0 Å². The molecule has 0 bridgehead atoms. The smallest absolute Gasteiger partial charge is 0.274 e. The lowest BCUT2D eigenvalue weighted by Crippen LogP contribution is -2.51. The number of fused-ring (bicyclic) bond motifs is 1. The number of nitrogens with one attached hydrogen (secondary N) is 1. The van der Waals surface area contributed by atoms with Crippen LogP contribution in [0, 0.1) is 5.41 Å². The van der Waals surface area contributed by atoms with Gasteiger partial charge in [0.2, 0.25) is 5.91 Å². The molecule has 1 unspecified atom stereocenters. The molecule has 0 aromatic heterocycles. The van der Waals surface area contributed by atoms with E-state index in [0.717, 1.165) is 56.3 Å². The van der Waals surface area contributed by atoms with Crippen molar-refractivity contribution >= 4 is 11.8 Å². The lowest BCUT2D eigenvalue weighted by Gasteiger charge is -2.44. The van der Waals surface area contributed by atoms with Crippen molar-refractivity contribution in [2.45, 2.75) is 39.0 Å². The standard InChI is InChI=1S/C17H22N2O3/c1-2-19-9-3-7-17(16(19)21)8-6-12-10-13(15(20)18-22)4-5-14(12)11-17/h4-5,10,22H,2-3,6-9,11H2,1H3,(H,18,20). The Morgan fingerprint density at radius 2 is 2.18 bits per heavy atom. The molecule has 1 aromatic rings. The second-order valence-corrected chi connectivity index (χ2v) is 6.37. The van der Waals surface area contributed by atoms with Gasteiger partial charge in [-0.2, -0.15) is 0 Å². The highest BCUT2D eigenvalue weighted by Gasteiger charge is 2.45. The molecule has 1 saturated heterocycles. The number of rotatable bonds is 2. The van der Waals surface area contributed by atoms with E-state index in [9.17, 15) is 9.59 Å². The number of piperidine rings is 1. The average Bonchev–Trinajstić information content (AvgIpc) is 2.56. The van der Waals surface area contributed by atoms with Crippen molar-refractivity contribution in [3.63, 3.8) is 0 Å². The molecule has 1 aliphatic carbocycles. The highest BCUT2D eigenvalue weighted by molar-refractivity contribution is 5.93. The highest BCUT2D eigenvalue weighted by atomic mass is 16.5. The van der Waals surface area contributed by atoms with E-state index in [1.807, 2.05) is 24.0 Å². The van der Waals surface area contributed by atoms with Gasteiger partial charge in [-0.25, -0.2) is 5.48 Å². The summed E-state index contributed by atoms with van der Waals surface area (Å²) in [4.78, 5) is 26.3. The van der Waals surface area contributed by atoms with E-state index in [0.29, 0.717) is 11.5 Å². The first-order chi connectivity index (χ1) is 10.6. The largest absolute Gasteiger partial charge is 0.342 e. The van der Waals surface area contributed by atoms with E-state index in [1.54, 1.807) is 11.5 Å². The van der Waals surface area contributed by atoms with Crippen molar-refractivity contribution < 1.29 is 14.8 Å². The van der Waals surface area contributed by atoms with Crippen molar-refractivity contribution in [2.75, 3.05) is 13.1 Å². The van der Waals surface area contributed by atoms with Crippen molar-refractivity contribution in [1.82, 2.24) is 10.4 Å². The monoisotopic (exact) mass is 302 g/mol. The molecule has 22 heavy (non-hydrogen) atoms. The van der Waals surface area contributed by atoms with Crippen LogP contribution in [0.5, 0.6) is 0 Å². The average molecular weight is 302 g/mol. The summed E-state index contributed by atoms with van der Waals surface area (Å²) in [7, 11) is 0. The SMILES string of the molecule is CCN1CCCC2(CCc3cc(C(=O)NO)ccc3C2)C1=O. The number of amides is 2. The molecule has 118 valence electrons. The van der Waals surface area contributed by atoms with Crippen molar-refractivity contribution in [1.29, 1.82) is 0 Å². The maximum atomic E-state index is 12.8. The van der Waals surface area contributed by atoms with Crippen LogP contribution in [0.4, 0.5) is 0 Å². The molecule has 1 fully saturated rings. The second-order valence-electron chi connectivity index (χ2n) is 6.37. The normalized spacial score (nSPS) is 24.3. The first kappa shape index (κ1) is 15.0. The fourth-order valence-electron chi connectivity index (χ4n) is 3.91. The number of benzene rings is 1. The molecule has 0 saturated carbocycles. The molecule has 2 amide bonds. The van der Waals surface area contributed by atoms with Crippen LogP contribution in [-0.2, 0) is 17.6 Å². The lowest BCUT2D eigenvalue weighted by atomic mass is 9.66. The van der Waals surface area contributed by atoms with Gasteiger partial charge in [-0.3, -0.25) is 14.8 Å². The minimum atomic E-state index is -0.492. The summed E-state index contributed by atoms with van der Waals surface area (Å²) in [6.07, 6.45) is 4.45. The summed E-state index contributed by atoms with van der Waals surface area (Å²) >= 11 is 0. The first-order valence-corrected chi connectivity index (χ1v) is 7.95. The van der Waals surface area contributed by atoms with Crippen LogP contribution >= 0.6 is 0 Å². The van der Waals surface area contributed by atoms with Crippen LogP contribution in [0.1, 0.15) is 47.7 Å². The quantitative estimate of drug-likeness (QED) is 0.648. The number of likely N-dealkylation sites (tertiary alicyclic amines) is 1. The van der Waals surface area contributed by atoms with E-state index in [1.165, 1.54) is 0 Å². The topological polar surface area (TPSA) is 69.6 Å². The van der Waals surface area contributed by atoms with Gasteiger partial charge in [0, 0.05) is 18.7 Å². The van der Waals surface area contributed by atoms with Crippen molar-refractivity contribution in [2.24, 2.45) is 5.41 Å². The lowest BCUT2D eigenvalue weighted by molar-refractivity contribution is -0.147. The number of hydroxylamine groups is 1. The predicted molar refractivity (Wildman–Crippen MR) is 81.6 cm³/mol. The number of hydrogen-bond donors (Lipinski definition) is 2. The van der Waals surface area contributed by atoms with Crippen molar-refractivity contribution in [3.05, 3.63) is 34.9 Å². The Labute approximate surface area is 130 Å². The van der Waals surface area contributed by atoms with Crippen LogP contribution < -0.4 is 5.48 Å². The van der Waals surface area contributed by atoms with E-state index in [4.69, 9.17) is 5.21 Å². The van der Waals surface area contributed by atoms with Gasteiger partial charge < -0.3 is 4.90 Å². The molecule has 5 nitrogen and oxygen atoms in total. The van der Waals surface area contributed by atoms with Crippen LogP contribution in [0.2, 0.25) is 0 Å². The number of carbonyl (C=O) groups is 2.